The SMILES string of the molecule is N#Cc1ccc(-c2ncc(F)c3c2C(=O)NC3)s1. The molecule has 1 aliphatic heterocycles. The Labute approximate surface area is 106 Å². The fourth-order valence-electron chi connectivity index (χ4n) is 1.91. The second-order valence-corrected chi connectivity index (χ2v) is 4.85. The van der Waals surface area contributed by atoms with Crippen LogP contribution in [-0.4, -0.2) is 10.9 Å². The Kier molecular flexibility index (Phi) is 2.35. The van der Waals surface area contributed by atoms with Crippen LogP contribution in [0.15, 0.2) is 18.3 Å². The molecule has 3 rings (SSSR count). The zero-order chi connectivity index (χ0) is 12.7. The number of carbonyl (C=O) groups is 1. The molecule has 0 spiro atoms. The average Bonchev–Trinajstić information content (AvgIpc) is 2.98. The van der Waals surface area contributed by atoms with Gasteiger partial charge >= 0.3 is 0 Å². The summed E-state index contributed by atoms with van der Waals surface area (Å²) in [5.41, 5.74) is 1.06. The van der Waals surface area contributed by atoms with Crippen molar-refractivity contribution in [1.29, 1.82) is 5.26 Å². The zero-order valence-electron chi connectivity index (χ0n) is 9.03. The standard InChI is InChI=1S/C12H6FN3OS/c13-8-5-15-11(9-2-1-6(3-14)18-9)10-7(8)4-16-12(10)17/h1-2,5H,4H2,(H,16,17). The molecule has 4 nitrogen and oxygen atoms in total. The van der Waals surface area contributed by atoms with Gasteiger partial charge in [-0.15, -0.1) is 11.3 Å². The first-order valence-corrected chi connectivity index (χ1v) is 5.98. The van der Waals surface area contributed by atoms with Gasteiger partial charge in [0.15, 0.2) is 0 Å². The Morgan fingerprint density at radius 2 is 2.33 bits per heavy atom. The Morgan fingerprint density at radius 3 is 3.06 bits per heavy atom. The second-order valence-electron chi connectivity index (χ2n) is 3.77. The zero-order valence-corrected chi connectivity index (χ0v) is 9.84. The van der Waals surface area contributed by atoms with Gasteiger partial charge in [0.2, 0.25) is 0 Å². The quantitative estimate of drug-likeness (QED) is 0.852. The largest absolute Gasteiger partial charge is 0.348 e. The number of nitrogens with zero attached hydrogens (tertiary/aromatic N) is 2. The van der Waals surface area contributed by atoms with E-state index in [9.17, 15) is 9.18 Å². The predicted octanol–water partition coefficient (Wildman–Crippen LogP) is 2.06. The first-order chi connectivity index (χ1) is 8.70. The number of halogens is 1. The third-order valence-corrected chi connectivity index (χ3v) is 3.73. The molecule has 0 aromatic carbocycles. The molecule has 1 amide bonds. The Balaban J connectivity index is 2.23. The summed E-state index contributed by atoms with van der Waals surface area (Å²) >= 11 is 1.23. The molecule has 0 saturated carbocycles. The molecule has 6 heteroatoms. The maximum Gasteiger partial charge on any atom is 0.254 e. The Hall–Kier alpha value is -2.26. The summed E-state index contributed by atoms with van der Waals surface area (Å²) < 4.78 is 13.5. The van der Waals surface area contributed by atoms with Crippen molar-refractivity contribution in [2.24, 2.45) is 0 Å². The van der Waals surface area contributed by atoms with E-state index < -0.39 is 5.82 Å². The molecule has 88 valence electrons. The second kappa shape index (κ2) is 3.89. The van der Waals surface area contributed by atoms with Crippen LogP contribution in [0.2, 0.25) is 0 Å². The monoisotopic (exact) mass is 259 g/mol. The number of amides is 1. The van der Waals surface area contributed by atoms with Gasteiger partial charge in [-0.3, -0.25) is 9.78 Å². The number of aromatic nitrogens is 1. The Bertz CT molecular complexity index is 702. The summed E-state index contributed by atoms with van der Waals surface area (Å²) in [6.07, 6.45) is 1.11. The van der Waals surface area contributed by atoms with Crippen molar-refractivity contribution < 1.29 is 9.18 Å². The molecular formula is C12H6FN3OS. The Morgan fingerprint density at radius 1 is 1.50 bits per heavy atom. The van der Waals surface area contributed by atoms with Crippen LogP contribution in [-0.2, 0) is 6.54 Å². The van der Waals surface area contributed by atoms with Crippen LogP contribution in [0.1, 0.15) is 20.8 Å². The number of hydrogen-bond acceptors (Lipinski definition) is 4. The van der Waals surface area contributed by atoms with E-state index in [0.29, 0.717) is 21.0 Å². The number of nitrogens with one attached hydrogen (secondary N) is 1. The molecule has 0 saturated heterocycles. The van der Waals surface area contributed by atoms with E-state index in [1.807, 2.05) is 6.07 Å². The van der Waals surface area contributed by atoms with Gasteiger partial charge in [-0.2, -0.15) is 5.26 Å². The first-order valence-electron chi connectivity index (χ1n) is 5.16. The van der Waals surface area contributed by atoms with E-state index in [1.54, 1.807) is 12.1 Å². The fraction of sp³-hybridized carbons (Fsp3) is 0.0833. The summed E-state index contributed by atoms with van der Waals surface area (Å²) in [5, 5.41) is 11.4. The van der Waals surface area contributed by atoms with Gasteiger partial charge in [0.25, 0.3) is 5.91 Å². The first kappa shape index (κ1) is 10.9. The molecule has 0 radical (unpaired) electrons. The molecule has 0 atom stereocenters. The van der Waals surface area contributed by atoms with Crippen molar-refractivity contribution in [1.82, 2.24) is 10.3 Å². The third kappa shape index (κ3) is 1.49. The maximum absolute atomic E-state index is 13.5. The molecule has 0 fully saturated rings. The van der Waals surface area contributed by atoms with Gasteiger partial charge in [-0.05, 0) is 12.1 Å². The summed E-state index contributed by atoms with van der Waals surface area (Å²) in [6, 6.07) is 5.40. The lowest BCUT2D eigenvalue weighted by Gasteiger charge is -2.03. The van der Waals surface area contributed by atoms with Gasteiger partial charge in [0.1, 0.15) is 16.8 Å². The molecule has 18 heavy (non-hydrogen) atoms. The van der Waals surface area contributed by atoms with Crippen molar-refractivity contribution in [3.8, 4) is 16.6 Å². The number of rotatable bonds is 1. The highest BCUT2D eigenvalue weighted by atomic mass is 32.1. The van der Waals surface area contributed by atoms with Crippen LogP contribution < -0.4 is 5.32 Å². The third-order valence-electron chi connectivity index (χ3n) is 2.74. The average molecular weight is 259 g/mol. The lowest BCUT2D eigenvalue weighted by molar-refractivity contribution is 0.0966. The van der Waals surface area contributed by atoms with Crippen LogP contribution in [0.4, 0.5) is 4.39 Å². The van der Waals surface area contributed by atoms with E-state index >= 15 is 0 Å². The van der Waals surface area contributed by atoms with E-state index in [2.05, 4.69) is 10.3 Å². The highest BCUT2D eigenvalue weighted by molar-refractivity contribution is 7.16. The van der Waals surface area contributed by atoms with Crippen LogP contribution in [0.25, 0.3) is 10.6 Å². The topological polar surface area (TPSA) is 65.8 Å². The molecule has 1 aliphatic rings. The van der Waals surface area contributed by atoms with Gasteiger partial charge in [-0.25, -0.2) is 4.39 Å². The maximum atomic E-state index is 13.5. The number of pyridine rings is 1. The van der Waals surface area contributed by atoms with Crippen LogP contribution in [0.3, 0.4) is 0 Å². The highest BCUT2D eigenvalue weighted by Gasteiger charge is 2.27. The fourth-order valence-corrected chi connectivity index (χ4v) is 2.72. The van der Waals surface area contributed by atoms with Crippen molar-refractivity contribution in [3.63, 3.8) is 0 Å². The molecule has 3 heterocycles. The number of thiophene rings is 1. The van der Waals surface area contributed by atoms with Gasteiger partial charge < -0.3 is 5.32 Å². The number of carbonyl (C=O) groups excluding carboxylic acids is 1. The van der Waals surface area contributed by atoms with E-state index in [4.69, 9.17) is 5.26 Å². The smallest absolute Gasteiger partial charge is 0.254 e. The van der Waals surface area contributed by atoms with Crippen molar-refractivity contribution in [3.05, 3.63) is 40.2 Å². The van der Waals surface area contributed by atoms with Gasteiger partial charge in [0, 0.05) is 12.1 Å². The molecule has 2 aromatic heterocycles. The summed E-state index contributed by atoms with van der Waals surface area (Å²) in [7, 11) is 0. The molecule has 0 bridgehead atoms. The minimum Gasteiger partial charge on any atom is -0.348 e. The molecule has 1 N–H and O–H groups in total. The molecule has 0 aliphatic carbocycles. The number of fused-ring (bicyclic) bond motifs is 1. The number of hydrogen-bond donors (Lipinski definition) is 1. The van der Waals surface area contributed by atoms with E-state index in [0.717, 1.165) is 6.20 Å². The van der Waals surface area contributed by atoms with Crippen LogP contribution >= 0.6 is 11.3 Å². The molecule has 0 unspecified atom stereocenters. The van der Waals surface area contributed by atoms with Crippen molar-refractivity contribution in [2.45, 2.75) is 6.54 Å². The summed E-state index contributed by atoms with van der Waals surface area (Å²) in [5.74, 6) is -0.803. The van der Waals surface area contributed by atoms with Gasteiger partial charge in [0.05, 0.1) is 22.3 Å². The normalized spacial score (nSPS) is 13.0. The minimum absolute atomic E-state index is 0.187. The van der Waals surface area contributed by atoms with Crippen LogP contribution in [0.5, 0.6) is 0 Å². The van der Waals surface area contributed by atoms with E-state index in [1.165, 1.54) is 11.3 Å². The number of nitriles is 1. The highest BCUT2D eigenvalue weighted by Crippen LogP contribution is 2.32. The lowest BCUT2D eigenvalue weighted by atomic mass is 10.1. The summed E-state index contributed by atoms with van der Waals surface area (Å²) in [4.78, 5) is 16.9. The minimum atomic E-state index is -0.482. The lowest BCUT2D eigenvalue weighted by Crippen LogP contribution is -2.13. The molecule has 2 aromatic rings. The van der Waals surface area contributed by atoms with Gasteiger partial charge in [-0.1, -0.05) is 0 Å². The van der Waals surface area contributed by atoms with E-state index in [-0.39, 0.29) is 18.0 Å². The summed E-state index contributed by atoms with van der Waals surface area (Å²) in [6.45, 7) is 0.187. The van der Waals surface area contributed by atoms with Crippen molar-refractivity contribution >= 4 is 17.2 Å². The molecular weight excluding hydrogens is 253 g/mol. The van der Waals surface area contributed by atoms with Crippen molar-refractivity contribution in [2.75, 3.05) is 0 Å². The van der Waals surface area contributed by atoms with Crippen LogP contribution in [0, 0.1) is 17.1 Å². The predicted molar refractivity (Wildman–Crippen MR) is 63.4 cm³/mol.